The number of carbonyl (C=O) groups is 2. The molecule has 0 unspecified atom stereocenters. The van der Waals surface area contributed by atoms with E-state index in [1.165, 1.54) is 5.56 Å². The highest BCUT2D eigenvalue weighted by molar-refractivity contribution is 6.31. The van der Waals surface area contributed by atoms with Crippen LogP contribution in [0.15, 0.2) is 77.8 Å². The molecule has 0 aromatic heterocycles. The van der Waals surface area contributed by atoms with Crippen LogP contribution in [0.3, 0.4) is 0 Å². The first-order valence-corrected chi connectivity index (χ1v) is 15.3. The van der Waals surface area contributed by atoms with Gasteiger partial charge in [-0.1, -0.05) is 87.0 Å². The molecule has 2 N–H and O–H groups in total. The third-order valence-electron chi connectivity index (χ3n) is 8.05. The molecule has 7 heteroatoms. The monoisotopic (exact) mass is 587 g/mol. The molecule has 3 aromatic carbocycles. The van der Waals surface area contributed by atoms with Crippen molar-refractivity contribution in [3.63, 3.8) is 0 Å². The molecule has 0 saturated carbocycles. The highest BCUT2D eigenvalue weighted by Gasteiger charge is 2.42. The molecule has 0 spiro atoms. The first kappa shape index (κ1) is 31.5. The predicted octanol–water partition coefficient (Wildman–Crippen LogP) is 7.27. The Bertz CT molecular complexity index is 1400. The fraction of sp³-hybridized carbons (Fsp3) is 0.400. The van der Waals surface area contributed by atoms with Gasteiger partial charge in [0, 0.05) is 16.1 Å². The van der Waals surface area contributed by atoms with Crippen molar-refractivity contribution < 1.29 is 14.7 Å². The number of carboxylic acid groups (broad SMARTS) is 1. The van der Waals surface area contributed by atoms with Gasteiger partial charge in [0.15, 0.2) is 0 Å². The maximum atomic E-state index is 13.7. The molecule has 1 aliphatic rings. The van der Waals surface area contributed by atoms with Gasteiger partial charge >= 0.3 is 5.97 Å². The lowest BCUT2D eigenvalue weighted by atomic mass is 9.95. The van der Waals surface area contributed by atoms with Crippen molar-refractivity contribution in [2.75, 3.05) is 18.4 Å². The zero-order valence-electron chi connectivity index (χ0n) is 25.1. The molecule has 1 amide bonds. The van der Waals surface area contributed by atoms with Gasteiger partial charge in [0.2, 0.25) is 5.91 Å². The van der Waals surface area contributed by atoms with E-state index in [2.05, 4.69) is 55.3 Å². The Morgan fingerprint density at radius 3 is 2.31 bits per heavy atom. The fourth-order valence-corrected chi connectivity index (χ4v) is 6.03. The molecule has 3 aromatic rings. The van der Waals surface area contributed by atoms with E-state index in [0.29, 0.717) is 34.3 Å². The zero-order valence-corrected chi connectivity index (χ0v) is 25.8. The Morgan fingerprint density at radius 2 is 1.69 bits per heavy atom. The highest BCUT2D eigenvalue weighted by Crippen LogP contribution is 2.32. The number of carbonyl (C=O) groups excluding carboxylic acids is 1. The number of nitrogens with one attached hydrogen (secondary N) is 1. The maximum Gasteiger partial charge on any atom is 0.305 e. The molecule has 4 rings (SSSR count). The summed E-state index contributed by atoms with van der Waals surface area (Å²) in [6, 6.07) is 22.9. The quantitative estimate of drug-likeness (QED) is 0.218. The maximum absolute atomic E-state index is 13.7. The average molecular weight is 588 g/mol. The zero-order chi connectivity index (χ0) is 30.3. The summed E-state index contributed by atoms with van der Waals surface area (Å²) in [6.45, 7) is 10.1. The lowest BCUT2D eigenvalue weighted by molar-refractivity contribution is -0.137. The predicted molar refractivity (Wildman–Crippen MR) is 172 cm³/mol. The van der Waals surface area contributed by atoms with Gasteiger partial charge < -0.3 is 10.4 Å². The Balaban J connectivity index is 1.75. The normalized spacial score (nSPS) is 18.3. The molecule has 0 radical (unpaired) electrons. The van der Waals surface area contributed by atoms with Crippen molar-refractivity contribution in [2.24, 2.45) is 10.9 Å². The highest BCUT2D eigenvalue weighted by atomic mass is 35.5. The second-order valence-corrected chi connectivity index (χ2v) is 12.3. The van der Waals surface area contributed by atoms with E-state index in [4.69, 9.17) is 16.6 Å². The van der Waals surface area contributed by atoms with Crippen LogP contribution in [0.5, 0.6) is 0 Å². The summed E-state index contributed by atoms with van der Waals surface area (Å²) < 4.78 is 0. The molecule has 1 heterocycles. The average Bonchev–Trinajstić information content (AvgIpc) is 3.35. The van der Waals surface area contributed by atoms with Crippen LogP contribution in [0.25, 0.3) is 0 Å². The Morgan fingerprint density at radius 1 is 1.02 bits per heavy atom. The van der Waals surface area contributed by atoms with Crippen LogP contribution in [0.4, 0.5) is 5.69 Å². The molecular formula is C35H42ClN3O3. The van der Waals surface area contributed by atoms with E-state index in [1.807, 2.05) is 43.3 Å². The van der Waals surface area contributed by atoms with Crippen LogP contribution >= 0.6 is 11.6 Å². The number of hydrogen-bond acceptors (Lipinski definition) is 4. The topological polar surface area (TPSA) is 82.0 Å². The fourth-order valence-electron chi connectivity index (χ4n) is 5.86. The van der Waals surface area contributed by atoms with E-state index >= 15 is 0 Å². The van der Waals surface area contributed by atoms with E-state index in [1.54, 1.807) is 12.1 Å². The Hall–Kier alpha value is -3.48. The van der Waals surface area contributed by atoms with E-state index < -0.39 is 17.6 Å². The van der Waals surface area contributed by atoms with Gasteiger partial charge in [0.05, 0.1) is 29.4 Å². The summed E-state index contributed by atoms with van der Waals surface area (Å²) in [5, 5.41) is 13.5. The van der Waals surface area contributed by atoms with Gasteiger partial charge in [-0.25, -0.2) is 0 Å². The first-order valence-electron chi connectivity index (χ1n) is 14.9. The largest absolute Gasteiger partial charge is 0.481 e. The number of aliphatic carboxylic acids is 1. The van der Waals surface area contributed by atoms with Crippen LogP contribution in [0, 0.1) is 5.92 Å². The van der Waals surface area contributed by atoms with Crippen molar-refractivity contribution >= 4 is 34.9 Å². The van der Waals surface area contributed by atoms with Crippen molar-refractivity contribution in [3.8, 4) is 0 Å². The van der Waals surface area contributed by atoms with Gasteiger partial charge in [-0.15, -0.1) is 0 Å². The van der Waals surface area contributed by atoms with E-state index in [0.717, 1.165) is 43.5 Å². The van der Waals surface area contributed by atoms with Crippen molar-refractivity contribution in [3.05, 3.63) is 100 Å². The number of rotatable bonds is 12. The number of carboxylic acids is 1. The molecular weight excluding hydrogens is 546 g/mol. The minimum Gasteiger partial charge on any atom is -0.481 e. The third kappa shape index (κ3) is 7.87. The SMILES string of the molecule is CCN1CCC[C@]1(C)C(=O)Nc1ccc(Cl)cc1C(=N[C@@H](CC(=O)O)Cc1ccc(CC(C)C)cc1)c1ccccc1. The number of anilines is 1. The van der Waals surface area contributed by atoms with Gasteiger partial charge in [-0.3, -0.25) is 19.5 Å². The summed E-state index contributed by atoms with van der Waals surface area (Å²) in [7, 11) is 0. The molecule has 1 fully saturated rings. The van der Waals surface area contributed by atoms with Gasteiger partial charge in [0.1, 0.15) is 0 Å². The number of hydrogen-bond donors (Lipinski definition) is 2. The molecule has 1 aliphatic heterocycles. The van der Waals surface area contributed by atoms with E-state index in [-0.39, 0.29) is 12.3 Å². The van der Waals surface area contributed by atoms with E-state index in [9.17, 15) is 14.7 Å². The minimum atomic E-state index is -0.916. The summed E-state index contributed by atoms with van der Waals surface area (Å²) in [6.07, 6.45) is 3.09. The van der Waals surface area contributed by atoms with Crippen molar-refractivity contribution in [1.82, 2.24) is 4.90 Å². The summed E-state index contributed by atoms with van der Waals surface area (Å²) in [4.78, 5) is 33.0. The summed E-state index contributed by atoms with van der Waals surface area (Å²) >= 11 is 6.52. The first-order chi connectivity index (χ1) is 20.1. The lowest BCUT2D eigenvalue weighted by Crippen LogP contribution is -2.50. The lowest BCUT2D eigenvalue weighted by Gasteiger charge is -2.33. The van der Waals surface area contributed by atoms with Crippen molar-refractivity contribution in [2.45, 2.75) is 71.4 Å². The van der Waals surface area contributed by atoms with Gasteiger partial charge in [-0.2, -0.15) is 0 Å². The minimum absolute atomic E-state index is 0.0681. The van der Waals surface area contributed by atoms with Crippen LogP contribution in [-0.2, 0) is 22.4 Å². The molecule has 42 heavy (non-hydrogen) atoms. The summed E-state index contributed by atoms with van der Waals surface area (Å²) in [5.41, 5.74) is 4.36. The van der Waals surface area contributed by atoms with Gasteiger partial charge in [-0.05, 0) is 80.9 Å². The molecule has 2 atom stereocenters. The Kier molecular flexibility index (Phi) is 10.6. The van der Waals surface area contributed by atoms with Crippen LogP contribution < -0.4 is 5.32 Å². The van der Waals surface area contributed by atoms with Crippen molar-refractivity contribution in [1.29, 1.82) is 0 Å². The smallest absolute Gasteiger partial charge is 0.305 e. The number of nitrogens with zero attached hydrogens (tertiary/aromatic N) is 2. The summed E-state index contributed by atoms with van der Waals surface area (Å²) in [5.74, 6) is -0.426. The number of benzene rings is 3. The number of likely N-dealkylation sites (N-methyl/N-ethyl adjacent to an activating group) is 1. The molecule has 222 valence electrons. The number of aliphatic imine (C=N–C) groups is 1. The van der Waals surface area contributed by atoms with Crippen LogP contribution in [0.1, 0.15) is 69.2 Å². The third-order valence-corrected chi connectivity index (χ3v) is 8.29. The molecule has 1 saturated heterocycles. The van der Waals surface area contributed by atoms with Gasteiger partial charge in [0.25, 0.3) is 0 Å². The molecule has 6 nitrogen and oxygen atoms in total. The van der Waals surface area contributed by atoms with Crippen LogP contribution in [0.2, 0.25) is 5.02 Å². The Labute approximate surface area is 254 Å². The van der Waals surface area contributed by atoms with Crippen LogP contribution in [-0.4, -0.2) is 52.3 Å². The second-order valence-electron chi connectivity index (χ2n) is 11.8. The number of amides is 1. The molecule has 0 bridgehead atoms. The molecule has 0 aliphatic carbocycles. The second kappa shape index (κ2) is 14.1. The number of halogens is 1. The number of likely N-dealkylation sites (tertiary alicyclic amines) is 1. The standard InChI is InChI=1S/C35H42ClN3O3/c1-5-39-19-9-18-35(39,4)34(42)38-31-17-16-28(36)22-30(31)33(27-10-7-6-8-11-27)37-29(23-32(40)41)21-26-14-12-25(13-15-26)20-24(2)3/h6-8,10-17,22,24,29H,5,9,18-21,23H2,1-4H3,(H,38,42)(H,40,41)/t29-,35-/m1/s1.